The third-order valence-corrected chi connectivity index (χ3v) is 3.80. The minimum atomic E-state index is -0.780. The van der Waals surface area contributed by atoms with E-state index in [4.69, 9.17) is 4.74 Å². The number of esters is 1. The van der Waals surface area contributed by atoms with Crippen LogP contribution in [0.3, 0.4) is 0 Å². The van der Waals surface area contributed by atoms with Gasteiger partial charge in [0.1, 0.15) is 0 Å². The molecule has 1 aliphatic rings. The van der Waals surface area contributed by atoms with E-state index in [9.17, 15) is 9.90 Å². The lowest BCUT2D eigenvalue weighted by Gasteiger charge is -2.30. The standard InChI is InChI=1S/C15H28O3/c1-2-3-4-5-6-7-8-9-10-15(17)11-12-18-14(16)13-15/h17H,2-13H2,1H3/t15-/m0/s1. The zero-order chi connectivity index (χ0) is 13.3. The Morgan fingerprint density at radius 1 is 1.11 bits per heavy atom. The molecule has 18 heavy (non-hydrogen) atoms. The first kappa shape index (κ1) is 15.5. The quantitative estimate of drug-likeness (QED) is 0.506. The molecule has 0 radical (unpaired) electrons. The lowest BCUT2D eigenvalue weighted by atomic mass is 9.88. The molecule has 0 bridgehead atoms. The van der Waals surface area contributed by atoms with Crippen LogP contribution in [0.15, 0.2) is 0 Å². The van der Waals surface area contributed by atoms with Gasteiger partial charge < -0.3 is 9.84 Å². The second kappa shape index (κ2) is 8.52. The largest absolute Gasteiger partial charge is 0.465 e. The van der Waals surface area contributed by atoms with Gasteiger partial charge in [-0.15, -0.1) is 0 Å². The van der Waals surface area contributed by atoms with Crippen LogP contribution in [0.5, 0.6) is 0 Å². The molecular formula is C15H28O3. The van der Waals surface area contributed by atoms with Gasteiger partial charge in [0, 0.05) is 6.42 Å². The van der Waals surface area contributed by atoms with Gasteiger partial charge in [-0.1, -0.05) is 58.3 Å². The topological polar surface area (TPSA) is 46.5 Å². The summed E-state index contributed by atoms with van der Waals surface area (Å²) in [5, 5.41) is 10.2. The molecule has 3 heteroatoms. The van der Waals surface area contributed by atoms with Crippen molar-refractivity contribution >= 4 is 5.97 Å². The molecule has 1 atom stereocenters. The van der Waals surface area contributed by atoms with Crippen LogP contribution in [-0.2, 0) is 9.53 Å². The molecule has 0 aromatic carbocycles. The summed E-state index contributed by atoms with van der Waals surface area (Å²) in [6.45, 7) is 2.61. The van der Waals surface area contributed by atoms with Gasteiger partial charge in [0.15, 0.2) is 0 Å². The van der Waals surface area contributed by atoms with Gasteiger partial charge in [0.25, 0.3) is 0 Å². The molecule has 0 aliphatic carbocycles. The van der Waals surface area contributed by atoms with E-state index in [1.54, 1.807) is 0 Å². The predicted molar refractivity (Wildman–Crippen MR) is 72.4 cm³/mol. The van der Waals surface area contributed by atoms with Gasteiger partial charge in [-0.2, -0.15) is 0 Å². The molecule has 0 unspecified atom stereocenters. The van der Waals surface area contributed by atoms with E-state index in [-0.39, 0.29) is 12.4 Å². The van der Waals surface area contributed by atoms with Crippen molar-refractivity contribution in [3.05, 3.63) is 0 Å². The molecular weight excluding hydrogens is 228 g/mol. The third-order valence-electron chi connectivity index (χ3n) is 3.80. The molecule has 1 saturated heterocycles. The fourth-order valence-corrected chi connectivity index (χ4v) is 2.56. The highest BCUT2D eigenvalue weighted by Gasteiger charge is 2.33. The molecule has 1 heterocycles. The number of ether oxygens (including phenoxy) is 1. The number of rotatable bonds is 9. The maximum atomic E-state index is 11.1. The molecule has 1 N–H and O–H groups in total. The molecule has 1 aliphatic heterocycles. The minimum absolute atomic E-state index is 0.184. The fourth-order valence-electron chi connectivity index (χ4n) is 2.56. The zero-order valence-corrected chi connectivity index (χ0v) is 11.7. The molecule has 1 rings (SSSR count). The highest BCUT2D eigenvalue weighted by Crippen LogP contribution is 2.27. The van der Waals surface area contributed by atoms with Crippen molar-refractivity contribution in [3.8, 4) is 0 Å². The van der Waals surface area contributed by atoms with Gasteiger partial charge >= 0.3 is 5.97 Å². The first-order valence-corrected chi connectivity index (χ1v) is 7.54. The Morgan fingerprint density at radius 3 is 2.33 bits per heavy atom. The van der Waals surface area contributed by atoms with Crippen molar-refractivity contribution in [2.75, 3.05) is 6.61 Å². The molecule has 0 amide bonds. The molecule has 0 spiro atoms. The van der Waals surface area contributed by atoms with Crippen molar-refractivity contribution in [2.45, 2.75) is 83.2 Å². The van der Waals surface area contributed by atoms with Crippen molar-refractivity contribution in [1.82, 2.24) is 0 Å². The van der Waals surface area contributed by atoms with Crippen molar-refractivity contribution in [2.24, 2.45) is 0 Å². The van der Waals surface area contributed by atoms with Crippen LogP contribution in [0.25, 0.3) is 0 Å². The van der Waals surface area contributed by atoms with Crippen LogP contribution >= 0.6 is 0 Å². The van der Waals surface area contributed by atoms with Gasteiger partial charge in [0.05, 0.1) is 18.6 Å². The first-order chi connectivity index (χ1) is 8.66. The van der Waals surface area contributed by atoms with Crippen molar-refractivity contribution < 1.29 is 14.6 Å². The van der Waals surface area contributed by atoms with E-state index in [2.05, 4.69) is 6.92 Å². The highest BCUT2D eigenvalue weighted by atomic mass is 16.5. The van der Waals surface area contributed by atoms with E-state index in [1.165, 1.54) is 44.9 Å². The number of hydrogen-bond acceptors (Lipinski definition) is 3. The summed E-state index contributed by atoms with van der Waals surface area (Å²) in [6.07, 6.45) is 11.6. The molecule has 1 fully saturated rings. The smallest absolute Gasteiger partial charge is 0.308 e. The van der Waals surface area contributed by atoms with E-state index >= 15 is 0 Å². The van der Waals surface area contributed by atoms with Gasteiger partial charge in [-0.25, -0.2) is 0 Å². The Labute approximate surface area is 111 Å². The number of carbonyl (C=O) groups is 1. The van der Waals surface area contributed by atoms with Gasteiger partial charge in [-0.3, -0.25) is 4.79 Å². The predicted octanol–water partition coefficient (Wildman–Crippen LogP) is 3.59. The summed E-state index contributed by atoms with van der Waals surface area (Å²) in [5.74, 6) is -0.247. The van der Waals surface area contributed by atoms with Gasteiger partial charge in [0.2, 0.25) is 0 Å². The monoisotopic (exact) mass is 256 g/mol. The maximum Gasteiger partial charge on any atom is 0.308 e. The molecule has 106 valence electrons. The number of hydrogen-bond donors (Lipinski definition) is 1. The molecule has 0 aromatic rings. The number of unbranched alkanes of at least 4 members (excludes halogenated alkanes) is 7. The Bertz CT molecular complexity index is 240. The van der Waals surface area contributed by atoms with Gasteiger partial charge in [-0.05, 0) is 6.42 Å². The number of carbonyl (C=O) groups excluding carboxylic acids is 1. The Hall–Kier alpha value is -0.570. The lowest BCUT2D eigenvalue weighted by molar-refractivity contribution is -0.160. The zero-order valence-electron chi connectivity index (χ0n) is 11.7. The number of cyclic esters (lactones) is 1. The lowest BCUT2D eigenvalue weighted by Crippen LogP contribution is -2.38. The van der Waals surface area contributed by atoms with E-state index in [0.717, 1.165) is 12.8 Å². The van der Waals surface area contributed by atoms with E-state index in [0.29, 0.717) is 13.0 Å². The Kier molecular flexibility index (Phi) is 7.33. The average Bonchev–Trinajstić information content (AvgIpc) is 2.32. The maximum absolute atomic E-state index is 11.1. The summed E-state index contributed by atoms with van der Waals surface area (Å²) in [6, 6.07) is 0. The van der Waals surface area contributed by atoms with Crippen LogP contribution in [0.4, 0.5) is 0 Å². The minimum Gasteiger partial charge on any atom is -0.465 e. The second-order valence-electron chi connectivity index (χ2n) is 5.60. The average molecular weight is 256 g/mol. The normalized spacial score (nSPS) is 24.0. The van der Waals surface area contributed by atoms with Crippen LogP contribution in [-0.4, -0.2) is 23.3 Å². The molecule has 3 nitrogen and oxygen atoms in total. The summed E-state index contributed by atoms with van der Waals surface area (Å²) in [7, 11) is 0. The summed E-state index contributed by atoms with van der Waals surface area (Å²) >= 11 is 0. The summed E-state index contributed by atoms with van der Waals surface area (Å²) in [5.41, 5.74) is -0.780. The molecule has 0 saturated carbocycles. The van der Waals surface area contributed by atoms with Crippen molar-refractivity contribution in [1.29, 1.82) is 0 Å². The summed E-state index contributed by atoms with van der Waals surface area (Å²) in [4.78, 5) is 11.1. The van der Waals surface area contributed by atoms with E-state index < -0.39 is 5.60 Å². The Morgan fingerprint density at radius 2 is 1.72 bits per heavy atom. The number of aliphatic hydroxyl groups is 1. The van der Waals surface area contributed by atoms with E-state index in [1.807, 2.05) is 0 Å². The SMILES string of the molecule is CCCCCCCCCC[C@]1(O)CCOC(=O)C1. The van der Waals surface area contributed by atoms with Crippen molar-refractivity contribution in [3.63, 3.8) is 0 Å². The fraction of sp³-hybridized carbons (Fsp3) is 0.933. The summed E-state index contributed by atoms with van der Waals surface area (Å²) < 4.78 is 4.86. The van der Waals surface area contributed by atoms with Crippen LogP contribution in [0, 0.1) is 0 Å². The second-order valence-corrected chi connectivity index (χ2v) is 5.60. The van der Waals surface area contributed by atoms with Crippen LogP contribution < -0.4 is 0 Å². The van der Waals surface area contributed by atoms with Crippen LogP contribution in [0.2, 0.25) is 0 Å². The molecule has 0 aromatic heterocycles. The van der Waals surface area contributed by atoms with Crippen LogP contribution in [0.1, 0.15) is 77.6 Å². The highest BCUT2D eigenvalue weighted by molar-refractivity contribution is 5.71. The third kappa shape index (κ3) is 6.39. The first-order valence-electron chi connectivity index (χ1n) is 7.54. The Balaban J connectivity index is 1.98.